The third-order valence-electron chi connectivity index (χ3n) is 12.0. The summed E-state index contributed by atoms with van der Waals surface area (Å²) in [6.45, 7) is 15.9. The summed E-state index contributed by atoms with van der Waals surface area (Å²) in [5, 5.41) is 29.1. The minimum atomic E-state index is -1.73. The summed E-state index contributed by atoms with van der Waals surface area (Å²) < 4.78 is 42.1. The molecule has 3 aromatic carbocycles. The zero-order chi connectivity index (χ0) is 47.8. The Morgan fingerprint density at radius 3 is 1.98 bits per heavy atom. The molecule has 0 bridgehead atoms. The molecule has 0 spiro atoms. The van der Waals surface area contributed by atoms with Gasteiger partial charge in [-0.05, 0) is 115 Å². The molecule has 66 heavy (non-hydrogen) atoms. The number of rotatable bonds is 19. The SMILES string of the molecule is COc1ccc(C(OC[C@H]2O[C@@H](n3ccc(NC(=O)NC4CC(C)(C)N([O])C(C)(C)C4)nc3=O)C[C@@H]2OP(OCCC#N)N(C(C)C)C(C)C)(c2ccccc2)c2ccc(OC)cc2)cc1. The van der Waals surface area contributed by atoms with E-state index in [1.54, 1.807) is 26.5 Å². The van der Waals surface area contributed by atoms with Gasteiger partial charge in [-0.1, -0.05) is 54.6 Å². The first-order valence-corrected chi connectivity index (χ1v) is 23.6. The van der Waals surface area contributed by atoms with Crippen LogP contribution in [-0.2, 0) is 29.3 Å². The van der Waals surface area contributed by atoms with Gasteiger partial charge in [-0.25, -0.2) is 14.3 Å². The smallest absolute Gasteiger partial charge is 0.351 e. The maximum Gasteiger partial charge on any atom is 0.351 e. The molecule has 4 aromatic rings. The summed E-state index contributed by atoms with van der Waals surface area (Å²) in [6, 6.07) is 28.4. The summed E-state index contributed by atoms with van der Waals surface area (Å²) in [5.74, 6) is 1.43. The zero-order valence-electron chi connectivity index (χ0n) is 39.7. The lowest BCUT2D eigenvalue weighted by Gasteiger charge is -2.49. The van der Waals surface area contributed by atoms with Crippen LogP contribution < -0.4 is 25.8 Å². The van der Waals surface area contributed by atoms with E-state index in [2.05, 4.69) is 54.1 Å². The fourth-order valence-electron chi connectivity index (χ4n) is 9.23. The van der Waals surface area contributed by atoms with Crippen molar-refractivity contribution in [2.24, 2.45) is 0 Å². The van der Waals surface area contributed by atoms with Gasteiger partial charge < -0.3 is 33.3 Å². The van der Waals surface area contributed by atoms with Crippen LogP contribution in [0, 0.1) is 11.3 Å². The number of methoxy groups -OCH3 is 2. The number of hydrogen-bond acceptors (Lipinski definition) is 12. The van der Waals surface area contributed by atoms with Crippen LogP contribution in [0.1, 0.15) is 104 Å². The number of carbonyl (C=O) groups excluding carboxylic acids is 1. The first-order valence-electron chi connectivity index (χ1n) is 22.5. The number of hydroxylamine groups is 2. The Labute approximate surface area is 390 Å². The highest BCUT2D eigenvalue weighted by Gasteiger charge is 2.47. The lowest BCUT2D eigenvalue weighted by Crippen LogP contribution is -2.62. The summed E-state index contributed by atoms with van der Waals surface area (Å²) in [4.78, 5) is 31.4. The number of urea groups is 1. The van der Waals surface area contributed by atoms with Crippen molar-refractivity contribution < 1.29 is 38.0 Å². The molecule has 1 radical (unpaired) electrons. The largest absolute Gasteiger partial charge is 0.497 e. The van der Waals surface area contributed by atoms with Crippen LogP contribution in [0.15, 0.2) is 95.9 Å². The molecular weight excluding hydrogens is 862 g/mol. The molecule has 355 valence electrons. The number of nitrogens with zero attached hydrogens (tertiary/aromatic N) is 5. The molecule has 1 unspecified atom stereocenters. The number of piperidine rings is 1. The van der Waals surface area contributed by atoms with E-state index in [0.717, 1.165) is 21.8 Å². The fraction of sp³-hybridized carbons (Fsp3) is 0.510. The van der Waals surface area contributed by atoms with Gasteiger partial charge in [-0.15, -0.1) is 10.3 Å². The maximum absolute atomic E-state index is 13.9. The van der Waals surface area contributed by atoms with E-state index >= 15 is 0 Å². The predicted molar refractivity (Wildman–Crippen MR) is 251 cm³/mol. The van der Waals surface area contributed by atoms with E-state index in [1.165, 1.54) is 4.57 Å². The first-order chi connectivity index (χ1) is 31.4. The normalized spacial score (nSPS) is 20.3. The second-order valence-corrected chi connectivity index (χ2v) is 19.9. The highest BCUT2D eigenvalue weighted by atomic mass is 31.2. The molecule has 0 saturated carbocycles. The van der Waals surface area contributed by atoms with Crippen LogP contribution in [0.3, 0.4) is 0 Å². The van der Waals surface area contributed by atoms with Crippen LogP contribution in [-0.4, -0.2) is 94.2 Å². The Balaban J connectivity index is 1.33. The molecule has 4 atom stereocenters. The number of amides is 2. The van der Waals surface area contributed by atoms with Crippen LogP contribution in [0.25, 0.3) is 0 Å². The minimum Gasteiger partial charge on any atom is -0.497 e. The topological polar surface area (TPSA) is 182 Å². The van der Waals surface area contributed by atoms with Gasteiger partial charge in [-0.2, -0.15) is 10.2 Å². The van der Waals surface area contributed by atoms with Crippen LogP contribution >= 0.6 is 8.53 Å². The molecule has 3 heterocycles. The summed E-state index contributed by atoms with van der Waals surface area (Å²) >= 11 is 0. The molecule has 17 heteroatoms. The van der Waals surface area contributed by atoms with Crippen molar-refractivity contribution >= 4 is 20.4 Å². The standard InChI is InChI=1S/C49H65N7O9P/c1-33(2)55(34(3)4)66(63-28-14-26-50)65-41-29-44(54-27-25-43(53-46(54)58)52-45(57)51-38-30-47(5,6)56(59)48(7,8)31-38)64-42(41)32-62-49(35-15-12-11-13-16-35,36-17-21-39(60-9)22-18-36)37-19-23-40(61-10)24-20-37/h11-13,15-25,27,33-34,38,41-42,44H,14,28-32H2,1-10H3,(H2,51,52,53,57,58)/t41-,42+,44+,66?/m0/s1. The third-order valence-corrected chi connectivity index (χ3v) is 14.2. The van der Waals surface area contributed by atoms with Crippen molar-refractivity contribution in [1.29, 1.82) is 5.26 Å². The molecule has 2 saturated heterocycles. The Morgan fingerprint density at radius 1 is 0.909 bits per heavy atom. The fourth-order valence-corrected chi connectivity index (χ4v) is 11.0. The molecular formula is C49H65N7O9P. The molecule has 16 nitrogen and oxygen atoms in total. The third kappa shape index (κ3) is 11.6. The summed E-state index contributed by atoms with van der Waals surface area (Å²) in [7, 11) is 1.52. The van der Waals surface area contributed by atoms with Crippen molar-refractivity contribution in [1.82, 2.24) is 24.6 Å². The average molecular weight is 927 g/mol. The van der Waals surface area contributed by atoms with Crippen molar-refractivity contribution in [3.8, 4) is 17.6 Å². The van der Waals surface area contributed by atoms with Gasteiger partial charge in [0, 0.05) is 41.8 Å². The quantitative estimate of drug-likeness (QED) is 0.0520. The molecule has 2 N–H and O–H groups in total. The second-order valence-electron chi connectivity index (χ2n) is 18.5. The molecule has 2 aliphatic rings. The first kappa shape index (κ1) is 50.5. The van der Waals surface area contributed by atoms with Crippen LogP contribution in [0.5, 0.6) is 11.5 Å². The van der Waals surface area contributed by atoms with E-state index in [0.29, 0.717) is 24.3 Å². The van der Waals surface area contributed by atoms with Gasteiger partial charge in [0.05, 0.1) is 46.0 Å². The van der Waals surface area contributed by atoms with E-state index in [9.17, 15) is 20.1 Å². The predicted octanol–water partition coefficient (Wildman–Crippen LogP) is 8.71. The van der Waals surface area contributed by atoms with Gasteiger partial charge in [-0.3, -0.25) is 9.88 Å². The van der Waals surface area contributed by atoms with Crippen molar-refractivity contribution in [2.45, 2.75) is 134 Å². The van der Waals surface area contributed by atoms with E-state index in [1.807, 2.05) is 107 Å². The Kier molecular flexibility index (Phi) is 16.7. The number of benzene rings is 3. The number of carbonyl (C=O) groups is 1. The second kappa shape index (κ2) is 21.8. The number of ether oxygens (including phenoxy) is 4. The molecule has 1 aromatic heterocycles. The molecule has 2 aliphatic heterocycles. The van der Waals surface area contributed by atoms with E-state index in [4.69, 9.17) is 28.0 Å². The molecule has 6 rings (SSSR count). The minimum absolute atomic E-state index is 0.000281. The Bertz CT molecular complexity index is 2230. The van der Waals surface area contributed by atoms with Crippen molar-refractivity contribution in [3.63, 3.8) is 0 Å². The zero-order valence-corrected chi connectivity index (χ0v) is 40.6. The molecule has 0 aliphatic carbocycles. The molecule has 2 amide bonds. The maximum atomic E-state index is 13.9. The Hall–Kier alpha value is -4.95. The summed E-state index contributed by atoms with van der Waals surface area (Å²) in [6.07, 6.45) is 0.615. The highest BCUT2D eigenvalue weighted by Crippen LogP contribution is 2.51. The number of anilines is 1. The molecule has 2 fully saturated rings. The monoisotopic (exact) mass is 926 g/mol. The van der Waals surface area contributed by atoms with Crippen molar-refractivity contribution in [2.75, 3.05) is 32.8 Å². The van der Waals surface area contributed by atoms with E-state index in [-0.39, 0.29) is 50.0 Å². The van der Waals surface area contributed by atoms with Gasteiger partial charge in [0.1, 0.15) is 35.2 Å². The lowest BCUT2D eigenvalue weighted by molar-refractivity contribution is -0.289. The van der Waals surface area contributed by atoms with Gasteiger partial charge in [0.15, 0.2) is 0 Å². The number of hydrogen-bond donors (Lipinski definition) is 2. The Morgan fingerprint density at radius 2 is 1.47 bits per heavy atom. The summed E-state index contributed by atoms with van der Waals surface area (Å²) in [5.41, 5.74) is -0.657. The van der Waals surface area contributed by atoms with Gasteiger partial charge >= 0.3 is 11.7 Å². The average Bonchev–Trinajstić information content (AvgIpc) is 3.67. The van der Waals surface area contributed by atoms with Crippen LogP contribution in [0.2, 0.25) is 0 Å². The van der Waals surface area contributed by atoms with Gasteiger partial charge in [0.2, 0.25) is 0 Å². The highest BCUT2D eigenvalue weighted by molar-refractivity contribution is 7.44. The number of nitrogens with one attached hydrogen (secondary N) is 2. The lowest BCUT2D eigenvalue weighted by atomic mass is 9.79. The van der Waals surface area contributed by atoms with Crippen molar-refractivity contribution in [3.05, 3.63) is 118 Å². The number of nitriles is 1. The number of aromatic nitrogens is 2. The van der Waals surface area contributed by atoms with Gasteiger partial charge in [0.25, 0.3) is 8.53 Å². The van der Waals surface area contributed by atoms with Crippen LogP contribution in [0.4, 0.5) is 10.6 Å². The van der Waals surface area contributed by atoms with E-state index < -0.39 is 55.4 Å².